The van der Waals surface area contributed by atoms with Crippen molar-refractivity contribution >= 4 is 10.8 Å². The molecule has 0 aliphatic carbocycles. The van der Waals surface area contributed by atoms with Crippen molar-refractivity contribution in [3.63, 3.8) is 0 Å². The van der Waals surface area contributed by atoms with Crippen molar-refractivity contribution in [2.75, 3.05) is 0 Å². The van der Waals surface area contributed by atoms with Gasteiger partial charge in [-0.1, -0.05) is 60.7 Å². The lowest BCUT2D eigenvalue weighted by Crippen LogP contribution is -2.19. The van der Waals surface area contributed by atoms with E-state index in [1.807, 2.05) is 42.5 Å². The van der Waals surface area contributed by atoms with E-state index < -0.39 is 6.10 Å². The standard InChI is InChI=1S/C19H16O2/c20-17-12-19(21-18-11-4-3-9-16(17)18)15-10-5-7-13-6-1-2-8-14(13)15/h1-11,17,19-20H,12H2/t17?,19-/m0/s1. The van der Waals surface area contributed by atoms with Gasteiger partial charge in [0.25, 0.3) is 0 Å². The Labute approximate surface area is 123 Å². The average Bonchev–Trinajstić information content (AvgIpc) is 2.54. The first-order valence-electron chi connectivity index (χ1n) is 7.24. The number of para-hydroxylation sites is 1. The fraction of sp³-hybridized carbons (Fsp3) is 0.158. The van der Waals surface area contributed by atoms with Crippen LogP contribution in [0.5, 0.6) is 5.75 Å². The molecule has 0 bridgehead atoms. The largest absolute Gasteiger partial charge is 0.485 e. The molecule has 0 fully saturated rings. The van der Waals surface area contributed by atoms with Crippen molar-refractivity contribution in [3.05, 3.63) is 77.9 Å². The van der Waals surface area contributed by atoms with Crippen molar-refractivity contribution in [1.82, 2.24) is 0 Å². The number of fused-ring (bicyclic) bond motifs is 2. The smallest absolute Gasteiger partial charge is 0.127 e. The summed E-state index contributed by atoms with van der Waals surface area (Å²) in [5, 5.41) is 12.8. The SMILES string of the molecule is OC1C[C@@H](c2cccc3ccccc23)Oc2ccccc21. The predicted octanol–water partition coefficient (Wildman–Crippen LogP) is 4.40. The van der Waals surface area contributed by atoms with Crippen molar-refractivity contribution in [2.45, 2.75) is 18.6 Å². The molecule has 0 aromatic heterocycles. The summed E-state index contributed by atoms with van der Waals surface area (Å²) in [6, 6.07) is 22.3. The van der Waals surface area contributed by atoms with Gasteiger partial charge < -0.3 is 9.84 Å². The number of aliphatic hydroxyl groups excluding tert-OH is 1. The van der Waals surface area contributed by atoms with E-state index in [0.717, 1.165) is 16.9 Å². The number of hydrogen-bond donors (Lipinski definition) is 1. The summed E-state index contributed by atoms with van der Waals surface area (Å²) in [5.74, 6) is 0.786. The van der Waals surface area contributed by atoms with Gasteiger partial charge in [-0.15, -0.1) is 0 Å². The van der Waals surface area contributed by atoms with Crippen LogP contribution in [0.3, 0.4) is 0 Å². The Morgan fingerprint density at radius 3 is 2.48 bits per heavy atom. The van der Waals surface area contributed by atoms with E-state index in [1.165, 1.54) is 10.8 Å². The molecular formula is C19H16O2. The Morgan fingerprint density at radius 1 is 0.810 bits per heavy atom. The summed E-state index contributed by atoms with van der Waals surface area (Å²) in [4.78, 5) is 0. The molecule has 0 radical (unpaired) electrons. The van der Waals surface area contributed by atoms with Crippen molar-refractivity contribution in [3.8, 4) is 5.75 Å². The Kier molecular flexibility index (Phi) is 2.90. The summed E-state index contributed by atoms with van der Waals surface area (Å²) >= 11 is 0. The normalized spacial score (nSPS) is 20.8. The first-order chi connectivity index (χ1) is 10.3. The van der Waals surface area contributed by atoms with E-state index in [0.29, 0.717) is 6.42 Å². The first kappa shape index (κ1) is 12.4. The molecule has 3 aromatic carbocycles. The molecule has 21 heavy (non-hydrogen) atoms. The zero-order valence-electron chi connectivity index (χ0n) is 11.6. The Hall–Kier alpha value is -2.32. The number of rotatable bonds is 1. The van der Waals surface area contributed by atoms with E-state index in [1.54, 1.807) is 0 Å². The quantitative estimate of drug-likeness (QED) is 0.714. The maximum Gasteiger partial charge on any atom is 0.127 e. The third kappa shape index (κ3) is 2.08. The molecule has 1 aliphatic rings. The van der Waals surface area contributed by atoms with Crippen LogP contribution in [0.4, 0.5) is 0 Å². The zero-order valence-corrected chi connectivity index (χ0v) is 11.6. The molecule has 1 unspecified atom stereocenters. The molecule has 0 amide bonds. The van der Waals surface area contributed by atoms with Crippen LogP contribution in [-0.2, 0) is 0 Å². The fourth-order valence-electron chi connectivity index (χ4n) is 3.12. The molecule has 0 saturated carbocycles. The molecule has 2 atom stereocenters. The lowest BCUT2D eigenvalue weighted by molar-refractivity contribution is 0.0664. The van der Waals surface area contributed by atoms with Crippen LogP contribution < -0.4 is 4.74 Å². The second-order valence-corrected chi connectivity index (χ2v) is 5.46. The third-order valence-electron chi connectivity index (χ3n) is 4.15. The number of benzene rings is 3. The summed E-state index contributed by atoms with van der Waals surface area (Å²) in [7, 11) is 0. The number of hydrogen-bond acceptors (Lipinski definition) is 2. The van der Waals surface area contributed by atoms with E-state index in [4.69, 9.17) is 4.74 Å². The molecular weight excluding hydrogens is 260 g/mol. The minimum Gasteiger partial charge on any atom is -0.485 e. The highest BCUT2D eigenvalue weighted by molar-refractivity contribution is 5.86. The molecule has 3 aromatic rings. The molecule has 4 rings (SSSR count). The van der Waals surface area contributed by atoms with E-state index >= 15 is 0 Å². The van der Waals surface area contributed by atoms with Crippen LogP contribution in [0.15, 0.2) is 66.7 Å². The van der Waals surface area contributed by atoms with Gasteiger partial charge in [-0.2, -0.15) is 0 Å². The van der Waals surface area contributed by atoms with Gasteiger partial charge in [-0.3, -0.25) is 0 Å². The minimum absolute atomic E-state index is 0.110. The van der Waals surface area contributed by atoms with E-state index in [2.05, 4.69) is 24.3 Å². The van der Waals surface area contributed by atoms with Crippen LogP contribution in [0, 0.1) is 0 Å². The second-order valence-electron chi connectivity index (χ2n) is 5.46. The average molecular weight is 276 g/mol. The molecule has 2 nitrogen and oxygen atoms in total. The number of aliphatic hydroxyl groups is 1. The maximum atomic E-state index is 10.4. The topological polar surface area (TPSA) is 29.5 Å². The molecule has 1 heterocycles. The number of ether oxygens (including phenoxy) is 1. The van der Waals surface area contributed by atoms with Crippen molar-refractivity contribution < 1.29 is 9.84 Å². The molecule has 0 spiro atoms. The van der Waals surface area contributed by atoms with Gasteiger partial charge >= 0.3 is 0 Å². The van der Waals surface area contributed by atoms with Crippen molar-refractivity contribution in [2.24, 2.45) is 0 Å². The Bertz CT molecular complexity index is 789. The van der Waals surface area contributed by atoms with Crippen LogP contribution >= 0.6 is 0 Å². The summed E-state index contributed by atoms with van der Waals surface area (Å²) in [6.07, 6.45) is 0.00491. The van der Waals surface area contributed by atoms with Gasteiger partial charge in [0.2, 0.25) is 0 Å². The molecule has 0 saturated heterocycles. The van der Waals surface area contributed by atoms with E-state index in [9.17, 15) is 5.11 Å². The van der Waals surface area contributed by atoms with Crippen molar-refractivity contribution in [1.29, 1.82) is 0 Å². The highest BCUT2D eigenvalue weighted by Crippen LogP contribution is 2.42. The monoisotopic (exact) mass is 276 g/mol. The lowest BCUT2D eigenvalue weighted by Gasteiger charge is -2.30. The van der Waals surface area contributed by atoms with Gasteiger partial charge in [-0.05, 0) is 16.8 Å². The summed E-state index contributed by atoms with van der Waals surface area (Å²) in [6.45, 7) is 0. The second kappa shape index (κ2) is 4.90. The summed E-state index contributed by atoms with van der Waals surface area (Å²) in [5.41, 5.74) is 2.02. The van der Waals surface area contributed by atoms with E-state index in [-0.39, 0.29) is 6.10 Å². The zero-order chi connectivity index (χ0) is 14.2. The fourth-order valence-corrected chi connectivity index (χ4v) is 3.12. The van der Waals surface area contributed by atoms with Gasteiger partial charge in [-0.25, -0.2) is 0 Å². The highest BCUT2D eigenvalue weighted by atomic mass is 16.5. The van der Waals surface area contributed by atoms with Gasteiger partial charge in [0.15, 0.2) is 0 Å². The lowest BCUT2D eigenvalue weighted by atomic mass is 9.92. The molecule has 1 N–H and O–H groups in total. The maximum absolute atomic E-state index is 10.4. The Morgan fingerprint density at radius 2 is 1.52 bits per heavy atom. The van der Waals surface area contributed by atoms with Crippen LogP contribution in [0.25, 0.3) is 10.8 Å². The predicted molar refractivity (Wildman–Crippen MR) is 83.3 cm³/mol. The van der Waals surface area contributed by atoms with Crippen LogP contribution in [0.2, 0.25) is 0 Å². The Balaban J connectivity index is 1.81. The van der Waals surface area contributed by atoms with Gasteiger partial charge in [0.05, 0.1) is 6.10 Å². The van der Waals surface area contributed by atoms with Gasteiger partial charge in [0.1, 0.15) is 11.9 Å². The van der Waals surface area contributed by atoms with Crippen LogP contribution in [0.1, 0.15) is 29.8 Å². The third-order valence-corrected chi connectivity index (χ3v) is 4.15. The molecule has 1 aliphatic heterocycles. The summed E-state index contributed by atoms with van der Waals surface area (Å²) < 4.78 is 6.14. The highest BCUT2D eigenvalue weighted by Gasteiger charge is 2.28. The van der Waals surface area contributed by atoms with Gasteiger partial charge in [0, 0.05) is 17.5 Å². The molecule has 104 valence electrons. The first-order valence-corrected chi connectivity index (χ1v) is 7.24. The minimum atomic E-state index is -0.473. The van der Waals surface area contributed by atoms with Crippen LogP contribution in [-0.4, -0.2) is 5.11 Å². The molecule has 2 heteroatoms.